The van der Waals surface area contributed by atoms with Gasteiger partial charge < -0.3 is 12.4 Å². The van der Waals surface area contributed by atoms with Crippen LogP contribution in [0.3, 0.4) is 0 Å². The standard InChI is InChI=1S/2C26H24P2.ClH.Rh/c2*1-5-13-23(14-6-1)27(24-15-7-2-8-16-24)21-22-28(25-17-9-3-10-18-25)26-19-11-4-12-20-26;;/h2*1-20H,21-22H2;1H;/q;;;+1/p-1. The van der Waals surface area contributed by atoms with Gasteiger partial charge in [-0.1, -0.05) is 243 Å². The molecule has 8 rings (SSSR count). The van der Waals surface area contributed by atoms with Gasteiger partial charge in [0.1, 0.15) is 0 Å². The van der Waals surface area contributed by atoms with Crippen LogP contribution in [0.15, 0.2) is 243 Å². The Kier molecular flexibility index (Phi) is 19.7. The third-order valence-electron chi connectivity index (χ3n) is 9.64. The van der Waals surface area contributed by atoms with Gasteiger partial charge in [0.25, 0.3) is 0 Å². The van der Waals surface area contributed by atoms with E-state index in [1.807, 2.05) is 0 Å². The van der Waals surface area contributed by atoms with Crippen molar-refractivity contribution in [1.29, 1.82) is 0 Å². The quantitative estimate of drug-likeness (QED) is 0.0784. The first-order valence-electron chi connectivity index (χ1n) is 19.3. The first kappa shape index (κ1) is 45.5. The molecule has 0 atom stereocenters. The SMILES string of the molecule is [Cl-].[Rh+].c1ccc(P(CCP(c2ccccc2)c2ccccc2)c2ccccc2)cc1.c1ccc(P(CCP(c2ccccc2)c2ccccc2)c2ccccc2)cc1. The average Bonchev–Trinajstić information content (AvgIpc) is 3.29. The summed E-state index contributed by atoms with van der Waals surface area (Å²) >= 11 is 0. The van der Waals surface area contributed by atoms with E-state index in [2.05, 4.69) is 243 Å². The van der Waals surface area contributed by atoms with Crippen molar-refractivity contribution in [3.8, 4) is 0 Å². The fourth-order valence-corrected chi connectivity index (χ4v) is 17.6. The number of halogens is 1. The minimum atomic E-state index is -0.348. The maximum atomic E-state index is 2.30. The minimum Gasteiger partial charge on any atom is -1.00 e. The predicted octanol–water partition coefficient (Wildman–Crippen LogP) is 7.51. The van der Waals surface area contributed by atoms with Crippen molar-refractivity contribution >= 4 is 74.1 Å². The molecule has 0 saturated heterocycles. The number of rotatable bonds is 14. The second-order valence-corrected chi connectivity index (χ2v) is 22.6. The van der Waals surface area contributed by atoms with E-state index in [1.54, 1.807) is 0 Å². The van der Waals surface area contributed by atoms with Gasteiger partial charge in [-0.25, -0.2) is 0 Å². The Labute approximate surface area is 370 Å². The smallest absolute Gasteiger partial charge is 1.00 e. The van der Waals surface area contributed by atoms with E-state index in [9.17, 15) is 0 Å². The summed E-state index contributed by atoms with van der Waals surface area (Å²) in [5.41, 5.74) is 0. The molecule has 0 heterocycles. The van der Waals surface area contributed by atoms with Crippen molar-refractivity contribution in [3.63, 3.8) is 0 Å². The Morgan fingerprint density at radius 1 is 0.190 bits per heavy atom. The van der Waals surface area contributed by atoms with Crippen LogP contribution in [0.5, 0.6) is 0 Å². The van der Waals surface area contributed by atoms with Crippen molar-refractivity contribution < 1.29 is 31.9 Å². The normalized spacial score (nSPS) is 10.7. The zero-order valence-electron chi connectivity index (χ0n) is 32.4. The van der Waals surface area contributed by atoms with E-state index in [4.69, 9.17) is 0 Å². The van der Waals surface area contributed by atoms with Crippen molar-refractivity contribution in [1.82, 2.24) is 0 Å². The zero-order chi connectivity index (χ0) is 38.0. The zero-order valence-corrected chi connectivity index (χ0v) is 38.4. The molecule has 6 heteroatoms. The molecule has 0 radical (unpaired) electrons. The molecule has 0 nitrogen and oxygen atoms in total. The second-order valence-electron chi connectivity index (χ2n) is 13.3. The van der Waals surface area contributed by atoms with Crippen molar-refractivity contribution in [3.05, 3.63) is 243 Å². The molecule has 0 fully saturated rings. The molecule has 0 aromatic heterocycles. The van der Waals surface area contributed by atoms with Gasteiger partial charge in [0.15, 0.2) is 0 Å². The predicted molar refractivity (Wildman–Crippen MR) is 256 cm³/mol. The monoisotopic (exact) mass is 934 g/mol. The van der Waals surface area contributed by atoms with Crippen LogP contribution < -0.4 is 54.8 Å². The fraction of sp³-hybridized carbons (Fsp3) is 0.0769. The van der Waals surface area contributed by atoms with Crippen LogP contribution in [-0.4, -0.2) is 24.6 Å². The van der Waals surface area contributed by atoms with Crippen molar-refractivity contribution in [2.24, 2.45) is 0 Å². The molecule has 0 aliphatic rings. The number of hydrogen-bond acceptors (Lipinski definition) is 0. The Bertz CT molecular complexity index is 1760. The summed E-state index contributed by atoms with van der Waals surface area (Å²) in [5, 5.41) is 11.8. The molecule has 0 saturated carbocycles. The maximum absolute atomic E-state index is 2.30. The van der Waals surface area contributed by atoms with Crippen LogP contribution in [0.4, 0.5) is 0 Å². The average molecular weight is 935 g/mol. The molecule has 292 valence electrons. The minimum absolute atomic E-state index is 0. The summed E-state index contributed by atoms with van der Waals surface area (Å²) in [5.74, 6) is 0. The molecular formula is C52H48ClP4Rh. The summed E-state index contributed by atoms with van der Waals surface area (Å²) in [6.45, 7) is 0. The molecule has 0 unspecified atom stereocenters. The Hall–Kier alpha value is -3.61. The van der Waals surface area contributed by atoms with Gasteiger partial charge in [0, 0.05) is 0 Å². The number of hydrogen-bond donors (Lipinski definition) is 0. The van der Waals surface area contributed by atoms with E-state index < -0.39 is 0 Å². The second kappa shape index (κ2) is 25.1. The molecule has 0 amide bonds. The molecule has 0 aliphatic heterocycles. The number of benzene rings is 8. The van der Waals surface area contributed by atoms with Crippen molar-refractivity contribution in [2.45, 2.75) is 0 Å². The van der Waals surface area contributed by atoms with E-state index in [1.165, 1.54) is 67.1 Å². The summed E-state index contributed by atoms with van der Waals surface area (Å²) < 4.78 is 0. The topological polar surface area (TPSA) is 0 Å². The van der Waals surface area contributed by atoms with Gasteiger partial charge in [-0.05, 0) is 98.8 Å². The fourth-order valence-electron chi connectivity index (χ4n) is 6.89. The maximum Gasteiger partial charge on any atom is 1.00 e. The first-order valence-corrected chi connectivity index (χ1v) is 25.4. The van der Waals surface area contributed by atoms with Gasteiger partial charge in [0.2, 0.25) is 0 Å². The molecule has 8 aromatic rings. The van der Waals surface area contributed by atoms with Gasteiger partial charge in [-0.2, -0.15) is 0 Å². The van der Waals surface area contributed by atoms with E-state index >= 15 is 0 Å². The van der Waals surface area contributed by atoms with E-state index in [0.29, 0.717) is 0 Å². The molecule has 0 bridgehead atoms. The van der Waals surface area contributed by atoms with E-state index in [-0.39, 0.29) is 63.6 Å². The molecule has 0 aliphatic carbocycles. The third-order valence-corrected chi connectivity index (χ3v) is 20.4. The largest absolute Gasteiger partial charge is 1.00 e. The van der Waals surface area contributed by atoms with Crippen LogP contribution in [0.2, 0.25) is 0 Å². The first-order chi connectivity index (χ1) is 27.8. The summed E-state index contributed by atoms with van der Waals surface area (Å²) in [6, 6.07) is 88.4. The van der Waals surface area contributed by atoms with Crippen LogP contribution in [0.1, 0.15) is 0 Å². The van der Waals surface area contributed by atoms with E-state index in [0.717, 1.165) is 0 Å². The molecule has 0 N–H and O–H groups in total. The summed E-state index contributed by atoms with van der Waals surface area (Å²) in [7, 11) is -1.39. The molecule has 0 spiro atoms. The molecular weight excluding hydrogens is 887 g/mol. The molecule has 58 heavy (non-hydrogen) atoms. The van der Waals surface area contributed by atoms with Gasteiger partial charge in [-0.15, -0.1) is 0 Å². The van der Waals surface area contributed by atoms with Gasteiger partial charge in [-0.3, -0.25) is 0 Å². The molecule has 8 aromatic carbocycles. The van der Waals surface area contributed by atoms with Crippen LogP contribution in [-0.2, 0) is 19.5 Å². The summed E-state index contributed by atoms with van der Waals surface area (Å²) in [4.78, 5) is 0. The van der Waals surface area contributed by atoms with Crippen LogP contribution >= 0.6 is 31.7 Å². The van der Waals surface area contributed by atoms with Crippen molar-refractivity contribution in [2.75, 3.05) is 24.6 Å². The Morgan fingerprint density at radius 2 is 0.293 bits per heavy atom. The van der Waals surface area contributed by atoms with Gasteiger partial charge >= 0.3 is 19.5 Å². The van der Waals surface area contributed by atoms with Crippen LogP contribution in [0, 0.1) is 0 Å². The van der Waals surface area contributed by atoms with Gasteiger partial charge in [0.05, 0.1) is 0 Å². The van der Waals surface area contributed by atoms with Crippen LogP contribution in [0.25, 0.3) is 0 Å². The third kappa shape index (κ3) is 13.2. The Morgan fingerprint density at radius 3 is 0.397 bits per heavy atom. The summed E-state index contributed by atoms with van der Waals surface area (Å²) in [6.07, 6.45) is 4.83. The Balaban J connectivity index is 0.000000214.